The zero-order chi connectivity index (χ0) is 9.78. The summed E-state index contributed by atoms with van der Waals surface area (Å²) in [4.78, 5) is 15.0. The fourth-order valence-electron chi connectivity index (χ4n) is 0.732. The van der Waals surface area contributed by atoms with Crippen molar-refractivity contribution >= 4 is 5.97 Å². The second kappa shape index (κ2) is 4.01. The Morgan fingerprint density at radius 1 is 1.67 bits per heavy atom. The van der Waals surface area contributed by atoms with Gasteiger partial charge in [-0.1, -0.05) is 26.0 Å². The summed E-state index contributed by atoms with van der Waals surface area (Å²) in [7, 11) is 0. The smallest absolute Gasteiger partial charge is 0.349 e. The predicted octanol–water partition coefficient (Wildman–Crippen LogP) is 0.354. The van der Waals surface area contributed by atoms with E-state index in [1.165, 1.54) is 0 Å². The van der Waals surface area contributed by atoms with E-state index in [2.05, 4.69) is 15.5 Å². The van der Waals surface area contributed by atoms with E-state index in [0.717, 1.165) is 0 Å². The molecule has 0 unspecified atom stereocenters. The molecule has 0 aliphatic heterocycles. The highest BCUT2D eigenvalue weighted by Crippen LogP contribution is 2.19. The zero-order valence-corrected chi connectivity index (χ0v) is 7.42. The Kier molecular flexibility index (Phi) is 3.62. The lowest BCUT2D eigenvalue weighted by atomic mass is 9.87. The Morgan fingerprint density at radius 3 is 2.42 bits per heavy atom. The van der Waals surface area contributed by atoms with Crippen molar-refractivity contribution in [1.82, 2.24) is 5.43 Å². The normalized spacial score (nSPS) is 13.3. The topological polar surface area (TPSA) is 101 Å². The van der Waals surface area contributed by atoms with Crippen molar-refractivity contribution in [2.45, 2.75) is 26.8 Å². The quantitative estimate of drug-likeness (QED) is 0.424. The van der Waals surface area contributed by atoms with Crippen molar-refractivity contribution in [1.29, 1.82) is 5.53 Å². The number of carbonyl (C=O) groups is 1. The molecule has 0 aromatic carbocycles. The monoisotopic (exact) mass is 174 g/mol. The third-order valence-electron chi connectivity index (χ3n) is 1.41. The van der Waals surface area contributed by atoms with Crippen LogP contribution in [0.2, 0.25) is 0 Å². The molecule has 12 heavy (non-hydrogen) atoms. The van der Waals surface area contributed by atoms with Gasteiger partial charge in [0.05, 0.1) is 0 Å². The molecule has 0 fully saturated rings. The Hall–Kier alpha value is -1.17. The zero-order valence-electron chi connectivity index (χ0n) is 7.42. The minimum atomic E-state index is -0.694. The van der Waals surface area contributed by atoms with Crippen LogP contribution in [0.3, 0.4) is 0 Å². The van der Waals surface area contributed by atoms with Crippen LogP contribution < -0.4 is 11.3 Å². The summed E-state index contributed by atoms with van der Waals surface area (Å²) in [5.74, 6) is 4.08. The molecule has 1 atom stereocenters. The van der Waals surface area contributed by atoms with Crippen molar-refractivity contribution in [3.63, 3.8) is 0 Å². The summed E-state index contributed by atoms with van der Waals surface area (Å²) in [6.07, 6.45) is 0. The Balaban J connectivity index is 4.43. The first-order chi connectivity index (χ1) is 5.43. The molecule has 0 saturated heterocycles. The average molecular weight is 174 g/mol. The average Bonchev–Trinajstić information content (AvgIpc) is 1.96. The maximum absolute atomic E-state index is 11.0. The molecule has 0 aromatic heterocycles. The van der Waals surface area contributed by atoms with E-state index in [1.807, 2.05) is 20.8 Å². The van der Waals surface area contributed by atoms with E-state index in [9.17, 15) is 4.79 Å². The SMILES string of the molecule is CC(C)(C)[C@H](NN=N)C(=O)ON. The summed E-state index contributed by atoms with van der Waals surface area (Å²) >= 11 is 0. The minimum absolute atomic E-state index is 0.388. The van der Waals surface area contributed by atoms with Crippen molar-refractivity contribution in [2.75, 3.05) is 0 Å². The number of nitrogens with one attached hydrogen (secondary N) is 2. The molecule has 0 aliphatic rings. The van der Waals surface area contributed by atoms with E-state index in [1.54, 1.807) is 0 Å². The van der Waals surface area contributed by atoms with Crippen LogP contribution in [-0.4, -0.2) is 12.0 Å². The van der Waals surface area contributed by atoms with E-state index >= 15 is 0 Å². The molecule has 4 N–H and O–H groups in total. The third kappa shape index (κ3) is 2.83. The van der Waals surface area contributed by atoms with Crippen molar-refractivity contribution in [2.24, 2.45) is 16.5 Å². The van der Waals surface area contributed by atoms with Gasteiger partial charge in [-0.05, 0) is 5.41 Å². The summed E-state index contributed by atoms with van der Waals surface area (Å²) in [5, 5.41) is 2.92. The number of hydrogen-bond donors (Lipinski definition) is 3. The van der Waals surface area contributed by atoms with Crippen LogP contribution in [-0.2, 0) is 9.63 Å². The highest BCUT2D eigenvalue weighted by atomic mass is 16.7. The van der Waals surface area contributed by atoms with Gasteiger partial charge in [0.1, 0.15) is 6.04 Å². The second-order valence-electron chi connectivity index (χ2n) is 3.48. The van der Waals surface area contributed by atoms with Gasteiger partial charge >= 0.3 is 5.97 Å². The van der Waals surface area contributed by atoms with Crippen LogP contribution in [0.4, 0.5) is 0 Å². The summed E-state index contributed by atoms with van der Waals surface area (Å²) in [6.45, 7) is 5.44. The van der Waals surface area contributed by atoms with Crippen LogP contribution in [0, 0.1) is 10.9 Å². The van der Waals surface area contributed by atoms with Gasteiger partial charge in [-0.15, -0.1) is 0 Å². The van der Waals surface area contributed by atoms with Gasteiger partial charge < -0.3 is 4.84 Å². The lowest BCUT2D eigenvalue weighted by Crippen LogP contribution is -2.45. The highest BCUT2D eigenvalue weighted by molar-refractivity contribution is 5.76. The lowest BCUT2D eigenvalue weighted by molar-refractivity contribution is -0.149. The molecule has 0 heterocycles. The van der Waals surface area contributed by atoms with Crippen LogP contribution in [0.5, 0.6) is 0 Å². The number of hydrogen-bond acceptors (Lipinski definition) is 5. The van der Waals surface area contributed by atoms with Crippen LogP contribution in [0.15, 0.2) is 5.22 Å². The number of nitrogens with two attached hydrogens (primary N) is 1. The number of carbonyl (C=O) groups excluding carboxylic acids is 1. The standard InChI is InChI=1S/C6H14N4O2/c1-6(2,3)4(9-10-7)5(11)12-8/h4H,8H2,1-3H3,(H2,7,9)/t4-/m1/s1. The Bertz CT molecular complexity index is 175. The van der Waals surface area contributed by atoms with E-state index in [0.29, 0.717) is 0 Å². The van der Waals surface area contributed by atoms with Crippen LogP contribution >= 0.6 is 0 Å². The van der Waals surface area contributed by atoms with E-state index in [-0.39, 0.29) is 5.41 Å². The van der Waals surface area contributed by atoms with E-state index < -0.39 is 12.0 Å². The van der Waals surface area contributed by atoms with Gasteiger partial charge in [-0.3, -0.25) is 5.43 Å². The molecule has 0 amide bonds. The molecular weight excluding hydrogens is 160 g/mol. The second-order valence-corrected chi connectivity index (χ2v) is 3.48. The maximum atomic E-state index is 11.0. The molecule has 6 nitrogen and oxygen atoms in total. The van der Waals surface area contributed by atoms with Gasteiger partial charge in [0.15, 0.2) is 0 Å². The number of nitrogens with zero attached hydrogens (tertiary/aromatic N) is 1. The molecule has 0 aliphatic carbocycles. The van der Waals surface area contributed by atoms with Gasteiger partial charge in [0.2, 0.25) is 0 Å². The van der Waals surface area contributed by atoms with Crippen molar-refractivity contribution in [3.05, 3.63) is 0 Å². The van der Waals surface area contributed by atoms with Gasteiger partial charge in [-0.2, -0.15) is 11.4 Å². The van der Waals surface area contributed by atoms with Crippen molar-refractivity contribution in [3.8, 4) is 0 Å². The Morgan fingerprint density at radius 2 is 2.17 bits per heavy atom. The maximum Gasteiger partial charge on any atom is 0.349 e. The van der Waals surface area contributed by atoms with Crippen LogP contribution in [0.1, 0.15) is 20.8 Å². The molecule has 70 valence electrons. The summed E-state index contributed by atoms with van der Waals surface area (Å²) in [6, 6.07) is -0.694. The third-order valence-corrected chi connectivity index (χ3v) is 1.41. The lowest BCUT2D eigenvalue weighted by Gasteiger charge is -2.26. The van der Waals surface area contributed by atoms with Gasteiger partial charge in [-0.25, -0.2) is 4.79 Å². The first kappa shape index (κ1) is 10.8. The van der Waals surface area contributed by atoms with Crippen LogP contribution in [0.25, 0.3) is 0 Å². The first-order valence-electron chi connectivity index (χ1n) is 3.46. The Labute approximate surface area is 70.9 Å². The largest absolute Gasteiger partial charge is 0.372 e. The molecule has 0 spiro atoms. The van der Waals surface area contributed by atoms with E-state index in [4.69, 9.17) is 11.4 Å². The molecule has 6 heteroatoms. The predicted molar refractivity (Wildman–Crippen MR) is 41.8 cm³/mol. The first-order valence-corrected chi connectivity index (χ1v) is 3.46. The fourth-order valence-corrected chi connectivity index (χ4v) is 0.732. The number of rotatable bonds is 3. The fraction of sp³-hybridized carbons (Fsp3) is 0.833. The van der Waals surface area contributed by atoms with Crippen molar-refractivity contribution < 1.29 is 9.63 Å². The molecule has 0 saturated carbocycles. The molecular formula is C6H14N4O2. The molecule has 0 bridgehead atoms. The minimum Gasteiger partial charge on any atom is -0.372 e. The van der Waals surface area contributed by atoms with Gasteiger partial charge in [0, 0.05) is 0 Å². The van der Waals surface area contributed by atoms with Gasteiger partial charge in [0.25, 0.3) is 0 Å². The highest BCUT2D eigenvalue weighted by Gasteiger charge is 2.32. The molecule has 0 aromatic rings. The molecule has 0 radical (unpaired) electrons. The summed E-state index contributed by atoms with van der Waals surface area (Å²) in [5.41, 5.74) is 8.47. The summed E-state index contributed by atoms with van der Waals surface area (Å²) < 4.78 is 0. The molecule has 0 rings (SSSR count).